The smallest absolute Gasteiger partial charge is 0.469 e. The maximum atomic E-state index is 12.0. The van der Waals surface area contributed by atoms with Gasteiger partial charge in [0.05, 0.1) is 12.8 Å². The van der Waals surface area contributed by atoms with Gasteiger partial charge in [-0.2, -0.15) is 13.2 Å². The van der Waals surface area contributed by atoms with Crippen LogP contribution in [0, 0.1) is 0 Å². The van der Waals surface area contributed by atoms with Gasteiger partial charge < -0.3 is 4.74 Å². The van der Waals surface area contributed by atoms with Gasteiger partial charge in [0.1, 0.15) is 0 Å². The third-order valence-corrected chi connectivity index (χ3v) is 2.88. The minimum atomic E-state index is -4.93. The summed E-state index contributed by atoms with van der Waals surface area (Å²) >= 11 is 0.899. The number of halogens is 3. The summed E-state index contributed by atoms with van der Waals surface area (Å²) < 4.78 is 40.4. The summed E-state index contributed by atoms with van der Waals surface area (Å²) in [5.74, 6) is -2.41. The highest BCUT2D eigenvalue weighted by Gasteiger charge is 2.39. The summed E-state index contributed by atoms with van der Waals surface area (Å²) in [4.78, 5) is 25.3. The van der Waals surface area contributed by atoms with E-state index in [1.165, 1.54) is 12.5 Å². The van der Waals surface area contributed by atoms with Gasteiger partial charge in [-0.1, -0.05) is 0 Å². The molecule has 0 fully saturated rings. The average Bonchev–Trinajstić information content (AvgIpc) is 2.75. The summed E-state index contributed by atoms with van der Waals surface area (Å²) in [5, 5.41) is 3.08. The lowest BCUT2D eigenvalue weighted by atomic mass is 10.2. The van der Waals surface area contributed by atoms with Gasteiger partial charge in [-0.3, -0.25) is 14.9 Å². The summed E-state index contributed by atoms with van der Waals surface area (Å²) in [6, 6.07) is 0. The number of hydrogen-bond donors (Lipinski definition) is 1. The zero-order chi connectivity index (χ0) is 14.5. The van der Waals surface area contributed by atoms with Crippen molar-refractivity contribution in [3.8, 4) is 0 Å². The number of anilines is 1. The van der Waals surface area contributed by atoms with E-state index in [2.05, 4.69) is 9.72 Å². The van der Waals surface area contributed by atoms with Crippen LogP contribution in [0.25, 0.3) is 0 Å². The number of nitrogens with zero attached hydrogens (tertiary/aromatic N) is 1. The predicted molar refractivity (Wildman–Crippen MR) is 61.8 cm³/mol. The molecule has 106 valence electrons. The molecule has 0 spiro atoms. The molecule has 0 unspecified atom stereocenters. The van der Waals surface area contributed by atoms with Crippen LogP contribution in [0.4, 0.5) is 18.3 Å². The van der Waals surface area contributed by atoms with Crippen LogP contribution in [0.5, 0.6) is 0 Å². The molecule has 1 heterocycles. The minimum Gasteiger partial charge on any atom is -0.469 e. The zero-order valence-electron chi connectivity index (χ0n) is 9.91. The first-order valence-corrected chi connectivity index (χ1v) is 6.10. The molecule has 0 atom stereocenters. The minimum absolute atomic E-state index is 0.115. The number of alkyl halides is 3. The number of carbonyl (C=O) groups excluding carboxylic acids is 2. The second kappa shape index (κ2) is 6.50. The lowest BCUT2D eigenvalue weighted by Gasteiger charge is -2.04. The number of ether oxygens (including phenoxy) is 1. The van der Waals surface area contributed by atoms with Crippen LogP contribution < -0.4 is 5.32 Å². The first kappa shape index (κ1) is 15.4. The van der Waals surface area contributed by atoms with Gasteiger partial charge in [0, 0.05) is 11.8 Å². The van der Waals surface area contributed by atoms with Crippen LogP contribution in [-0.2, 0) is 20.7 Å². The lowest BCUT2D eigenvalue weighted by molar-refractivity contribution is -0.167. The van der Waals surface area contributed by atoms with Gasteiger partial charge in [0.15, 0.2) is 5.13 Å². The van der Waals surface area contributed by atoms with Crippen LogP contribution >= 0.6 is 11.3 Å². The Bertz CT molecular complexity index is 459. The van der Waals surface area contributed by atoms with Crippen molar-refractivity contribution in [2.45, 2.75) is 25.4 Å². The van der Waals surface area contributed by atoms with Gasteiger partial charge in [0.2, 0.25) is 0 Å². The first-order chi connectivity index (χ1) is 8.82. The van der Waals surface area contributed by atoms with E-state index in [1.54, 1.807) is 5.32 Å². The Morgan fingerprint density at radius 3 is 2.74 bits per heavy atom. The maximum Gasteiger partial charge on any atom is 0.471 e. The molecule has 1 rings (SSSR count). The monoisotopic (exact) mass is 296 g/mol. The number of thiazole rings is 1. The van der Waals surface area contributed by atoms with Crippen molar-refractivity contribution in [1.29, 1.82) is 0 Å². The van der Waals surface area contributed by atoms with E-state index >= 15 is 0 Å². The van der Waals surface area contributed by atoms with Crippen LogP contribution in [0.15, 0.2) is 5.38 Å². The number of aromatic nitrogens is 1. The second-order valence-electron chi connectivity index (χ2n) is 3.53. The maximum absolute atomic E-state index is 12.0. The van der Waals surface area contributed by atoms with Crippen LogP contribution in [-0.4, -0.2) is 30.1 Å². The fourth-order valence-electron chi connectivity index (χ4n) is 1.16. The fourth-order valence-corrected chi connectivity index (χ4v) is 1.90. The average molecular weight is 296 g/mol. The third-order valence-electron chi connectivity index (χ3n) is 2.07. The van der Waals surface area contributed by atoms with Crippen molar-refractivity contribution < 1.29 is 27.5 Å². The van der Waals surface area contributed by atoms with Crippen molar-refractivity contribution in [2.75, 3.05) is 12.4 Å². The van der Waals surface area contributed by atoms with E-state index in [1.807, 2.05) is 0 Å². The summed E-state index contributed by atoms with van der Waals surface area (Å²) in [6.07, 6.45) is -3.83. The van der Waals surface area contributed by atoms with Crippen molar-refractivity contribution in [2.24, 2.45) is 0 Å². The third kappa shape index (κ3) is 5.25. The molecule has 9 heteroatoms. The molecule has 0 aromatic carbocycles. The molecule has 0 radical (unpaired) electrons. The Morgan fingerprint density at radius 2 is 2.16 bits per heavy atom. The Kier molecular flexibility index (Phi) is 5.28. The fraction of sp³-hybridized carbons (Fsp3) is 0.500. The number of methoxy groups -OCH3 is 1. The number of rotatable bonds is 5. The molecule has 1 aromatic heterocycles. The van der Waals surface area contributed by atoms with Gasteiger partial charge in [0.25, 0.3) is 0 Å². The molecule has 5 nitrogen and oxygen atoms in total. The molecular formula is C10H11F3N2O3S. The Hall–Kier alpha value is -1.64. The summed E-state index contributed by atoms with van der Waals surface area (Å²) in [7, 11) is 1.27. The number of carbonyl (C=O) groups is 2. The molecule has 1 N–H and O–H groups in total. The number of esters is 1. The van der Waals surface area contributed by atoms with E-state index in [0.717, 1.165) is 11.3 Å². The molecule has 0 saturated heterocycles. The SMILES string of the molecule is COC(=O)CCCc1csc(NC(=O)C(F)(F)F)n1. The van der Waals surface area contributed by atoms with E-state index in [4.69, 9.17) is 0 Å². The number of aryl methyl sites for hydroxylation is 1. The standard InChI is InChI=1S/C10H11F3N2O3S/c1-18-7(16)4-2-3-6-5-19-9(14-6)15-8(17)10(11,12)13/h5H,2-4H2,1H3,(H,14,15,17). The van der Waals surface area contributed by atoms with Gasteiger partial charge in [-0.15, -0.1) is 11.3 Å². The van der Waals surface area contributed by atoms with E-state index in [9.17, 15) is 22.8 Å². The summed E-state index contributed by atoms with van der Waals surface area (Å²) in [6.45, 7) is 0. The summed E-state index contributed by atoms with van der Waals surface area (Å²) in [5.41, 5.74) is 0.520. The molecule has 19 heavy (non-hydrogen) atoms. The van der Waals surface area contributed by atoms with Crippen molar-refractivity contribution in [3.05, 3.63) is 11.1 Å². The van der Waals surface area contributed by atoms with E-state index in [0.29, 0.717) is 18.5 Å². The first-order valence-electron chi connectivity index (χ1n) is 5.22. The van der Waals surface area contributed by atoms with Crippen molar-refractivity contribution in [3.63, 3.8) is 0 Å². The lowest BCUT2D eigenvalue weighted by Crippen LogP contribution is -2.29. The van der Waals surface area contributed by atoms with Gasteiger partial charge >= 0.3 is 18.1 Å². The number of hydrogen-bond acceptors (Lipinski definition) is 5. The molecule has 0 aliphatic heterocycles. The molecule has 0 saturated carbocycles. The van der Waals surface area contributed by atoms with Gasteiger partial charge in [-0.25, -0.2) is 4.98 Å². The van der Waals surface area contributed by atoms with Crippen LogP contribution in [0.2, 0.25) is 0 Å². The van der Waals surface area contributed by atoms with Crippen LogP contribution in [0.3, 0.4) is 0 Å². The van der Waals surface area contributed by atoms with Crippen molar-refractivity contribution >= 4 is 28.3 Å². The zero-order valence-corrected chi connectivity index (χ0v) is 10.7. The topological polar surface area (TPSA) is 68.3 Å². The molecule has 0 bridgehead atoms. The van der Waals surface area contributed by atoms with Gasteiger partial charge in [-0.05, 0) is 12.8 Å². The molecule has 1 aromatic rings. The molecule has 1 amide bonds. The normalized spacial score (nSPS) is 11.2. The quantitative estimate of drug-likeness (QED) is 0.845. The van der Waals surface area contributed by atoms with E-state index in [-0.39, 0.29) is 17.5 Å². The highest BCUT2D eigenvalue weighted by molar-refractivity contribution is 7.13. The largest absolute Gasteiger partial charge is 0.471 e. The van der Waals surface area contributed by atoms with Crippen molar-refractivity contribution in [1.82, 2.24) is 4.98 Å². The number of nitrogens with one attached hydrogen (secondary N) is 1. The predicted octanol–water partition coefficient (Wildman–Crippen LogP) is 2.14. The number of amides is 1. The highest BCUT2D eigenvalue weighted by atomic mass is 32.1. The Labute approximate surface area is 110 Å². The highest BCUT2D eigenvalue weighted by Crippen LogP contribution is 2.21. The Morgan fingerprint density at radius 1 is 1.47 bits per heavy atom. The van der Waals surface area contributed by atoms with Crippen LogP contribution in [0.1, 0.15) is 18.5 Å². The molecular weight excluding hydrogens is 285 g/mol. The Balaban J connectivity index is 2.45. The molecule has 0 aliphatic rings. The molecule has 0 aliphatic carbocycles. The van der Waals surface area contributed by atoms with E-state index < -0.39 is 12.1 Å². The second-order valence-corrected chi connectivity index (χ2v) is 4.38.